The van der Waals surface area contributed by atoms with Crippen molar-refractivity contribution in [1.82, 2.24) is 4.90 Å². The van der Waals surface area contributed by atoms with Gasteiger partial charge in [0.2, 0.25) is 0 Å². The minimum Gasteiger partial charge on any atom is -0.493 e. The van der Waals surface area contributed by atoms with Gasteiger partial charge in [-0.15, -0.1) is 0 Å². The summed E-state index contributed by atoms with van der Waals surface area (Å²) in [6, 6.07) is 12.3. The standard InChI is InChI=1S/C18H16ClNO3/c1-12-11-13(19)7-8-16(12)23-10-4-9-20-17(21)14-5-2-3-6-15(14)18(20)22/h2-3,5-8,11H,4,9-10H2,1H3. The quantitative estimate of drug-likeness (QED) is 0.620. The molecule has 0 saturated heterocycles. The molecule has 0 N–H and O–H groups in total. The summed E-state index contributed by atoms with van der Waals surface area (Å²) < 4.78 is 5.69. The molecule has 1 heterocycles. The second kappa shape index (κ2) is 6.42. The third-order valence-electron chi connectivity index (χ3n) is 3.80. The van der Waals surface area contributed by atoms with Crippen molar-refractivity contribution >= 4 is 23.4 Å². The molecule has 2 aromatic rings. The van der Waals surface area contributed by atoms with Gasteiger partial charge >= 0.3 is 0 Å². The number of carbonyl (C=O) groups excluding carboxylic acids is 2. The van der Waals surface area contributed by atoms with Crippen LogP contribution in [0.4, 0.5) is 0 Å². The smallest absolute Gasteiger partial charge is 0.261 e. The van der Waals surface area contributed by atoms with Gasteiger partial charge in [0.05, 0.1) is 17.7 Å². The lowest BCUT2D eigenvalue weighted by atomic mass is 10.1. The van der Waals surface area contributed by atoms with Crippen LogP contribution in [0.1, 0.15) is 32.7 Å². The third-order valence-corrected chi connectivity index (χ3v) is 4.03. The summed E-state index contributed by atoms with van der Waals surface area (Å²) in [7, 11) is 0. The average molecular weight is 330 g/mol. The number of aryl methyl sites for hydroxylation is 1. The molecule has 0 fully saturated rings. The fourth-order valence-corrected chi connectivity index (χ4v) is 2.85. The molecule has 0 aromatic heterocycles. The summed E-state index contributed by atoms with van der Waals surface area (Å²) in [6.45, 7) is 2.69. The van der Waals surface area contributed by atoms with E-state index < -0.39 is 0 Å². The van der Waals surface area contributed by atoms with Crippen LogP contribution in [-0.2, 0) is 0 Å². The summed E-state index contributed by atoms with van der Waals surface area (Å²) in [5, 5.41) is 0.667. The van der Waals surface area contributed by atoms with E-state index in [2.05, 4.69) is 0 Å². The van der Waals surface area contributed by atoms with E-state index in [9.17, 15) is 9.59 Å². The second-order valence-corrected chi connectivity index (χ2v) is 5.86. The molecule has 2 amide bonds. The monoisotopic (exact) mass is 329 g/mol. The van der Waals surface area contributed by atoms with Gasteiger partial charge in [-0.2, -0.15) is 0 Å². The summed E-state index contributed by atoms with van der Waals surface area (Å²) in [5.41, 5.74) is 1.91. The Kier molecular flexibility index (Phi) is 4.35. The lowest BCUT2D eigenvalue weighted by molar-refractivity contribution is 0.0646. The van der Waals surface area contributed by atoms with E-state index in [4.69, 9.17) is 16.3 Å². The minimum absolute atomic E-state index is 0.228. The summed E-state index contributed by atoms with van der Waals surface area (Å²) >= 11 is 5.90. The Hall–Kier alpha value is -2.33. The molecule has 118 valence electrons. The van der Waals surface area contributed by atoms with Crippen LogP contribution in [0, 0.1) is 6.92 Å². The van der Waals surface area contributed by atoms with E-state index in [1.807, 2.05) is 19.1 Å². The molecule has 0 saturated carbocycles. The number of hydrogen-bond donors (Lipinski definition) is 0. The zero-order chi connectivity index (χ0) is 16.4. The molecule has 23 heavy (non-hydrogen) atoms. The Labute approximate surface area is 139 Å². The first-order valence-corrected chi connectivity index (χ1v) is 7.80. The lowest BCUT2D eigenvalue weighted by Crippen LogP contribution is -2.31. The molecule has 0 radical (unpaired) electrons. The summed E-state index contributed by atoms with van der Waals surface area (Å²) in [4.78, 5) is 25.7. The van der Waals surface area contributed by atoms with Crippen molar-refractivity contribution in [2.24, 2.45) is 0 Å². The minimum atomic E-state index is -0.228. The number of imide groups is 1. The first-order chi connectivity index (χ1) is 11.1. The number of ether oxygens (including phenoxy) is 1. The molecule has 0 atom stereocenters. The fraction of sp³-hybridized carbons (Fsp3) is 0.222. The average Bonchev–Trinajstić information content (AvgIpc) is 2.78. The van der Waals surface area contributed by atoms with E-state index in [-0.39, 0.29) is 11.8 Å². The maximum Gasteiger partial charge on any atom is 0.261 e. The van der Waals surface area contributed by atoms with Crippen LogP contribution >= 0.6 is 11.6 Å². The zero-order valence-corrected chi connectivity index (χ0v) is 13.5. The van der Waals surface area contributed by atoms with E-state index in [0.29, 0.717) is 35.7 Å². The van der Waals surface area contributed by atoms with Crippen LogP contribution < -0.4 is 4.74 Å². The number of hydrogen-bond acceptors (Lipinski definition) is 3. The number of benzene rings is 2. The van der Waals surface area contributed by atoms with Crippen molar-refractivity contribution in [3.05, 3.63) is 64.2 Å². The molecule has 0 unspecified atom stereocenters. The second-order valence-electron chi connectivity index (χ2n) is 5.42. The number of fused-ring (bicyclic) bond motifs is 1. The molecule has 1 aliphatic heterocycles. The van der Waals surface area contributed by atoms with Crippen molar-refractivity contribution in [3.8, 4) is 5.75 Å². The normalized spacial score (nSPS) is 13.4. The largest absolute Gasteiger partial charge is 0.493 e. The van der Waals surface area contributed by atoms with E-state index in [1.54, 1.807) is 30.3 Å². The molecule has 0 aliphatic carbocycles. The van der Waals surface area contributed by atoms with Gasteiger partial charge in [-0.25, -0.2) is 0 Å². The number of rotatable bonds is 5. The van der Waals surface area contributed by atoms with Crippen molar-refractivity contribution in [3.63, 3.8) is 0 Å². The lowest BCUT2D eigenvalue weighted by Gasteiger charge is -2.14. The van der Waals surface area contributed by atoms with E-state index >= 15 is 0 Å². The van der Waals surface area contributed by atoms with Gasteiger partial charge in [-0.3, -0.25) is 14.5 Å². The van der Waals surface area contributed by atoms with Crippen LogP contribution in [0.5, 0.6) is 5.75 Å². The third kappa shape index (κ3) is 3.08. The molecule has 5 heteroatoms. The number of carbonyl (C=O) groups is 2. The zero-order valence-electron chi connectivity index (χ0n) is 12.7. The molecule has 1 aliphatic rings. The van der Waals surface area contributed by atoms with Gasteiger partial charge in [0.25, 0.3) is 11.8 Å². The van der Waals surface area contributed by atoms with Crippen LogP contribution in [-0.4, -0.2) is 29.9 Å². The van der Waals surface area contributed by atoms with Crippen molar-refractivity contribution in [1.29, 1.82) is 0 Å². The molecular weight excluding hydrogens is 314 g/mol. The van der Waals surface area contributed by atoms with Gasteiger partial charge in [0.1, 0.15) is 5.75 Å². The number of halogens is 1. The molecular formula is C18H16ClNO3. The molecule has 0 bridgehead atoms. The predicted molar refractivity (Wildman–Crippen MR) is 88.1 cm³/mol. The molecule has 3 rings (SSSR count). The van der Waals surface area contributed by atoms with E-state index in [0.717, 1.165) is 11.3 Å². The van der Waals surface area contributed by atoms with E-state index in [1.165, 1.54) is 4.90 Å². The van der Waals surface area contributed by atoms with Gasteiger partial charge in [-0.05, 0) is 49.2 Å². The SMILES string of the molecule is Cc1cc(Cl)ccc1OCCCN1C(=O)c2ccccc2C1=O. The van der Waals surface area contributed by atoms with Crippen LogP contribution in [0.25, 0.3) is 0 Å². The van der Waals surface area contributed by atoms with Gasteiger partial charge in [0.15, 0.2) is 0 Å². The summed E-state index contributed by atoms with van der Waals surface area (Å²) in [5.74, 6) is 0.304. The first kappa shape index (κ1) is 15.6. The molecule has 4 nitrogen and oxygen atoms in total. The van der Waals surface area contributed by atoms with Gasteiger partial charge in [-0.1, -0.05) is 23.7 Å². The highest BCUT2D eigenvalue weighted by Gasteiger charge is 2.34. The molecule has 0 spiro atoms. The highest BCUT2D eigenvalue weighted by Crippen LogP contribution is 2.24. The molecule has 2 aromatic carbocycles. The number of amides is 2. The van der Waals surface area contributed by atoms with Crippen LogP contribution in [0.2, 0.25) is 5.02 Å². The maximum absolute atomic E-state index is 12.2. The maximum atomic E-state index is 12.2. The topological polar surface area (TPSA) is 46.6 Å². The van der Waals surface area contributed by atoms with Crippen LogP contribution in [0.15, 0.2) is 42.5 Å². The summed E-state index contributed by atoms with van der Waals surface area (Å²) in [6.07, 6.45) is 0.577. The highest BCUT2D eigenvalue weighted by atomic mass is 35.5. The Balaban J connectivity index is 1.56. The fourth-order valence-electron chi connectivity index (χ4n) is 2.62. The van der Waals surface area contributed by atoms with Gasteiger partial charge in [0, 0.05) is 11.6 Å². The van der Waals surface area contributed by atoms with Crippen molar-refractivity contribution in [2.45, 2.75) is 13.3 Å². The van der Waals surface area contributed by atoms with Crippen molar-refractivity contribution in [2.75, 3.05) is 13.2 Å². The number of nitrogens with zero attached hydrogens (tertiary/aromatic N) is 1. The Morgan fingerprint density at radius 3 is 2.30 bits per heavy atom. The van der Waals surface area contributed by atoms with Crippen LogP contribution in [0.3, 0.4) is 0 Å². The highest BCUT2D eigenvalue weighted by molar-refractivity contribution is 6.30. The van der Waals surface area contributed by atoms with Crippen molar-refractivity contribution < 1.29 is 14.3 Å². The Morgan fingerprint density at radius 2 is 1.70 bits per heavy atom. The first-order valence-electron chi connectivity index (χ1n) is 7.42. The van der Waals surface area contributed by atoms with Gasteiger partial charge < -0.3 is 4.74 Å². The Bertz CT molecular complexity index is 738. The predicted octanol–water partition coefficient (Wildman–Crippen LogP) is 3.71. The Morgan fingerprint density at radius 1 is 1.04 bits per heavy atom.